The van der Waals surface area contributed by atoms with Gasteiger partial charge in [0.15, 0.2) is 0 Å². The molecule has 2 N–H and O–H groups in total. The molecule has 0 spiro atoms. The fourth-order valence-corrected chi connectivity index (χ4v) is 3.27. The van der Waals surface area contributed by atoms with E-state index in [1.807, 2.05) is 0 Å². The average Bonchev–Trinajstić information content (AvgIpc) is 3.15. The Hall–Kier alpha value is -2.84. The second kappa shape index (κ2) is 9.38. The van der Waals surface area contributed by atoms with Gasteiger partial charge in [0, 0.05) is 35.7 Å². The minimum absolute atomic E-state index is 0.120. The van der Waals surface area contributed by atoms with Crippen LogP contribution < -0.4 is 10.6 Å². The van der Waals surface area contributed by atoms with Gasteiger partial charge in [0.1, 0.15) is 10.8 Å². The maximum Gasteiger partial charge on any atom is 0.286 e. The van der Waals surface area contributed by atoms with E-state index < -0.39 is 5.91 Å². The Morgan fingerprint density at radius 3 is 2.71 bits per heavy atom. The van der Waals surface area contributed by atoms with Gasteiger partial charge in [-0.05, 0) is 24.3 Å². The van der Waals surface area contributed by atoms with Crippen LogP contribution in [0.2, 0.25) is 5.02 Å². The Kier molecular flexibility index (Phi) is 6.67. The normalized spacial score (nSPS) is 10.5. The molecule has 1 aromatic heterocycles. The van der Waals surface area contributed by atoms with Crippen LogP contribution in [0.4, 0.5) is 10.1 Å². The monoisotopic (exact) mass is 418 g/mol. The number of aryl methyl sites for hydroxylation is 1. The molecular formula is C19H16ClFN4O2S. The van der Waals surface area contributed by atoms with E-state index in [0.29, 0.717) is 27.7 Å². The lowest BCUT2D eigenvalue weighted by molar-refractivity contribution is -0.121. The summed E-state index contributed by atoms with van der Waals surface area (Å²) in [6.07, 6.45) is 0.504. The molecule has 0 saturated heterocycles. The Labute approximate surface area is 169 Å². The Morgan fingerprint density at radius 2 is 1.93 bits per heavy atom. The molecule has 6 nitrogen and oxygen atoms in total. The molecule has 9 heteroatoms. The molecule has 3 rings (SSSR count). The molecule has 0 bridgehead atoms. The second-order valence-corrected chi connectivity index (χ2v) is 7.33. The van der Waals surface area contributed by atoms with Gasteiger partial charge in [-0.1, -0.05) is 47.2 Å². The maximum absolute atomic E-state index is 13.5. The topological polar surface area (TPSA) is 84.0 Å². The van der Waals surface area contributed by atoms with Gasteiger partial charge in [0.05, 0.1) is 0 Å². The predicted molar refractivity (Wildman–Crippen MR) is 106 cm³/mol. The van der Waals surface area contributed by atoms with Crippen LogP contribution in [-0.4, -0.2) is 22.0 Å². The van der Waals surface area contributed by atoms with E-state index in [1.165, 1.54) is 6.07 Å². The standard InChI is InChI=1S/C19H16ClFN4O2S/c20-13-5-3-6-14(10-13)23-18(27)19-25-24-17(28-19)9-8-16(26)22-11-12-4-1-2-7-15(12)21/h1-7,10H,8-9,11H2,(H,22,26)(H,23,27). The highest BCUT2D eigenvalue weighted by atomic mass is 35.5. The average molecular weight is 419 g/mol. The molecule has 2 amide bonds. The largest absolute Gasteiger partial charge is 0.352 e. The zero-order valence-electron chi connectivity index (χ0n) is 14.6. The Balaban J connectivity index is 1.48. The summed E-state index contributed by atoms with van der Waals surface area (Å²) in [5.41, 5.74) is 0.980. The number of hydrogen-bond acceptors (Lipinski definition) is 5. The smallest absolute Gasteiger partial charge is 0.286 e. The summed E-state index contributed by atoms with van der Waals surface area (Å²) >= 11 is 7.00. The van der Waals surface area contributed by atoms with Crippen molar-refractivity contribution in [2.24, 2.45) is 0 Å². The first-order valence-electron chi connectivity index (χ1n) is 8.40. The molecule has 3 aromatic rings. The molecule has 0 aliphatic rings. The Bertz CT molecular complexity index is 995. The number of carbonyl (C=O) groups excluding carboxylic acids is 2. The summed E-state index contributed by atoms with van der Waals surface area (Å²) in [5, 5.41) is 14.4. The van der Waals surface area contributed by atoms with Crippen molar-refractivity contribution in [3.8, 4) is 0 Å². The van der Waals surface area contributed by atoms with E-state index >= 15 is 0 Å². The summed E-state index contributed by atoms with van der Waals surface area (Å²) in [6.45, 7) is 0.120. The van der Waals surface area contributed by atoms with E-state index in [2.05, 4.69) is 20.8 Å². The van der Waals surface area contributed by atoms with Gasteiger partial charge in [-0.25, -0.2) is 4.39 Å². The number of nitrogens with one attached hydrogen (secondary N) is 2. The van der Waals surface area contributed by atoms with Crippen molar-refractivity contribution >= 4 is 40.4 Å². The van der Waals surface area contributed by atoms with Crippen molar-refractivity contribution < 1.29 is 14.0 Å². The lowest BCUT2D eigenvalue weighted by Crippen LogP contribution is -2.23. The van der Waals surface area contributed by atoms with Crippen LogP contribution in [0.5, 0.6) is 0 Å². The highest BCUT2D eigenvalue weighted by Gasteiger charge is 2.14. The van der Waals surface area contributed by atoms with Gasteiger partial charge in [-0.2, -0.15) is 0 Å². The van der Waals surface area contributed by atoms with Gasteiger partial charge in [-0.15, -0.1) is 10.2 Å². The van der Waals surface area contributed by atoms with Crippen LogP contribution in [0.25, 0.3) is 0 Å². The first-order chi connectivity index (χ1) is 13.5. The first kappa shape index (κ1) is 19.9. The highest BCUT2D eigenvalue weighted by Crippen LogP contribution is 2.18. The second-order valence-electron chi connectivity index (χ2n) is 5.83. The van der Waals surface area contributed by atoms with Crippen LogP contribution in [0.15, 0.2) is 48.5 Å². The fraction of sp³-hybridized carbons (Fsp3) is 0.158. The molecule has 1 heterocycles. The van der Waals surface area contributed by atoms with E-state index in [0.717, 1.165) is 11.3 Å². The zero-order chi connectivity index (χ0) is 19.9. The van der Waals surface area contributed by atoms with Crippen molar-refractivity contribution in [1.29, 1.82) is 0 Å². The number of anilines is 1. The van der Waals surface area contributed by atoms with Gasteiger partial charge in [0.25, 0.3) is 5.91 Å². The summed E-state index contributed by atoms with van der Waals surface area (Å²) in [6, 6.07) is 13.0. The quantitative estimate of drug-likeness (QED) is 0.610. The molecule has 0 aliphatic heterocycles. The van der Waals surface area contributed by atoms with Crippen LogP contribution in [0, 0.1) is 5.82 Å². The summed E-state index contributed by atoms with van der Waals surface area (Å²) in [4.78, 5) is 24.2. The molecule has 28 heavy (non-hydrogen) atoms. The lowest BCUT2D eigenvalue weighted by atomic mass is 10.2. The number of hydrogen-bond donors (Lipinski definition) is 2. The highest BCUT2D eigenvalue weighted by molar-refractivity contribution is 7.13. The van der Waals surface area contributed by atoms with Gasteiger partial charge < -0.3 is 10.6 Å². The molecule has 0 saturated carbocycles. The number of benzene rings is 2. The molecule has 0 fully saturated rings. The van der Waals surface area contributed by atoms with E-state index in [4.69, 9.17) is 11.6 Å². The Morgan fingerprint density at radius 1 is 1.11 bits per heavy atom. The van der Waals surface area contributed by atoms with Crippen LogP contribution in [0.3, 0.4) is 0 Å². The van der Waals surface area contributed by atoms with Crippen molar-refractivity contribution in [2.75, 3.05) is 5.32 Å². The minimum atomic E-state index is -0.393. The van der Waals surface area contributed by atoms with Gasteiger partial charge >= 0.3 is 0 Å². The fourth-order valence-electron chi connectivity index (χ4n) is 2.34. The molecular weight excluding hydrogens is 403 g/mol. The number of nitrogens with zero attached hydrogens (tertiary/aromatic N) is 2. The van der Waals surface area contributed by atoms with E-state index in [9.17, 15) is 14.0 Å². The third-order valence-corrected chi connectivity index (χ3v) is 4.96. The third kappa shape index (κ3) is 5.58. The summed E-state index contributed by atoms with van der Waals surface area (Å²) in [5.74, 6) is -0.985. The number of amides is 2. The summed E-state index contributed by atoms with van der Waals surface area (Å²) < 4.78 is 13.5. The first-order valence-corrected chi connectivity index (χ1v) is 9.60. The third-order valence-electron chi connectivity index (χ3n) is 3.74. The SMILES string of the molecule is O=C(CCc1nnc(C(=O)Nc2cccc(Cl)c2)s1)NCc1ccccc1F. The summed E-state index contributed by atoms with van der Waals surface area (Å²) in [7, 11) is 0. The van der Waals surface area contributed by atoms with Crippen LogP contribution in [0.1, 0.15) is 26.8 Å². The minimum Gasteiger partial charge on any atom is -0.352 e. The molecule has 0 radical (unpaired) electrons. The molecule has 0 aliphatic carbocycles. The van der Waals surface area contributed by atoms with Crippen LogP contribution in [-0.2, 0) is 17.8 Å². The van der Waals surface area contributed by atoms with Crippen molar-refractivity contribution in [3.05, 3.63) is 74.9 Å². The van der Waals surface area contributed by atoms with E-state index in [1.54, 1.807) is 42.5 Å². The van der Waals surface area contributed by atoms with Crippen molar-refractivity contribution in [2.45, 2.75) is 19.4 Å². The van der Waals surface area contributed by atoms with Gasteiger partial charge in [0.2, 0.25) is 10.9 Å². The van der Waals surface area contributed by atoms with Crippen molar-refractivity contribution in [3.63, 3.8) is 0 Å². The predicted octanol–water partition coefficient (Wildman–Crippen LogP) is 3.83. The number of carbonyl (C=O) groups is 2. The number of rotatable bonds is 7. The molecule has 144 valence electrons. The number of aromatic nitrogens is 2. The molecule has 0 unspecified atom stereocenters. The van der Waals surface area contributed by atoms with E-state index in [-0.39, 0.29) is 29.7 Å². The molecule has 2 aromatic carbocycles. The maximum atomic E-state index is 13.5. The molecule has 0 atom stereocenters. The van der Waals surface area contributed by atoms with Gasteiger partial charge in [-0.3, -0.25) is 9.59 Å². The van der Waals surface area contributed by atoms with Crippen molar-refractivity contribution in [1.82, 2.24) is 15.5 Å². The zero-order valence-corrected chi connectivity index (χ0v) is 16.2. The number of halogens is 2. The lowest BCUT2D eigenvalue weighted by Gasteiger charge is -2.05. The van der Waals surface area contributed by atoms with Crippen LogP contribution >= 0.6 is 22.9 Å².